The second-order valence-corrected chi connectivity index (χ2v) is 22.0. The number of hydrogen-bond acceptors (Lipinski definition) is 11. The zero-order valence-electron chi connectivity index (χ0n) is 36.2. The number of nitro benzene ring substituents is 1. The number of nitrogens with zero attached hydrogens (tertiary/aromatic N) is 4. The number of carbonyl (C=O) groups excluding carboxylic acids is 1. The Morgan fingerprint density at radius 2 is 1.64 bits per heavy atom. The molecule has 5 fully saturated rings. The number of nitrogens with one attached hydrogen (secondary N) is 2. The van der Waals surface area contributed by atoms with Crippen LogP contribution in [0.1, 0.15) is 89.4 Å². The summed E-state index contributed by atoms with van der Waals surface area (Å²) >= 11 is 1.74. The molecule has 2 bridgehead atoms. The molecule has 0 spiro atoms. The molecular formula is C47H62N6O6S2. The van der Waals surface area contributed by atoms with Crippen LogP contribution in [-0.2, 0) is 14.8 Å². The highest BCUT2D eigenvalue weighted by molar-refractivity contribution is 7.99. The Hall–Kier alpha value is -3.95. The Bertz CT molecular complexity index is 2200. The molecular weight excluding hydrogens is 809 g/mol. The van der Waals surface area contributed by atoms with E-state index < -0.39 is 20.9 Å². The molecule has 9 rings (SSSR count). The highest BCUT2D eigenvalue weighted by Gasteiger charge is 2.68. The standard InChI is InChI=1S/C47H62N6O6S2/c1-5-46-31-47(32-46,33-46)40-29-45(3,4)18-17-36(40)30-50-19-21-51(22-20-50)37-13-11-35(12-14-37)44(54)49-61(57,58)39-15-16-41(42(28-39)53(55)56)48-34(2)27-43(52-23-25-59-26-24-52)60-38-9-7-6-8-10-38/h6-16,28,34,43,48H,5,17-27,29-33H2,1-4H3,(H,49,54)/t34-,43+,46?,47?/m1/s1. The van der Waals surface area contributed by atoms with Gasteiger partial charge < -0.3 is 15.0 Å². The summed E-state index contributed by atoms with van der Waals surface area (Å²) in [5.74, 6) is -0.798. The largest absolute Gasteiger partial charge is 0.379 e. The van der Waals surface area contributed by atoms with E-state index in [0.29, 0.717) is 35.9 Å². The minimum atomic E-state index is -4.42. The van der Waals surface area contributed by atoms with E-state index in [1.54, 1.807) is 35.0 Å². The monoisotopic (exact) mass is 870 g/mol. The van der Waals surface area contributed by atoms with Crippen LogP contribution in [-0.4, -0.2) is 99.5 Å². The van der Waals surface area contributed by atoms with E-state index in [1.165, 1.54) is 57.1 Å². The summed E-state index contributed by atoms with van der Waals surface area (Å²) in [6.07, 6.45) is 9.92. The summed E-state index contributed by atoms with van der Waals surface area (Å²) in [6, 6.07) is 20.6. The van der Waals surface area contributed by atoms with Gasteiger partial charge >= 0.3 is 0 Å². The molecule has 3 aromatic rings. The van der Waals surface area contributed by atoms with Crippen LogP contribution in [0.5, 0.6) is 0 Å². The first-order chi connectivity index (χ1) is 29.2. The molecule has 2 heterocycles. The van der Waals surface area contributed by atoms with Gasteiger partial charge in [0.05, 0.1) is 28.4 Å². The van der Waals surface area contributed by atoms with Crippen LogP contribution in [0.4, 0.5) is 17.1 Å². The maximum Gasteiger partial charge on any atom is 0.293 e. The van der Waals surface area contributed by atoms with Crippen LogP contribution < -0.4 is 14.9 Å². The van der Waals surface area contributed by atoms with Crippen LogP contribution in [0.3, 0.4) is 0 Å². The van der Waals surface area contributed by atoms with Gasteiger partial charge in [-0.2, -0.15) is 0 Å². The first-order valence-electron chi connectivity index (χ1n) is 22.1. The van der Waals surface area contributed by atoms with Gasteiger partial charge in [-0.1, -0.05) is 56.5 Å². The minimum absolute atomic E-state index is 0.0908. The molecule has 2 saturated heterocycles. The molecule has 2 aliphatic heterocycles. The molecule has 0 aromatic heterocycles. The number of anilines is 2. The van der Waals surface area contributed by atoms with E-state index in [1.807, 2.05) is 37.3 Å². The number of rotatable bonds is 16. The Balaban J connectivity index is 0.861. The van der Waals surface area contributed by atoms with Crippen molar-refractivity contribution in [3.05, 3.63) is 99.6 Å². The number of hydrogen-bond donors (Lipinski definition) is 2. The van der Waals surface area contributed by atoms with Gasteiger partial charge in [-0.25, -0.2) is 13.1 Å². The van der Waals surface area contributed by atoms with Gasteiger partial charge in [0, 0.05) is 74.1 Å². The number of thioether (sulfide) groups is 1. The lowest BCUT2D eigenvalue weighted by atomic mass is 9.31. The molecule has 3 saturated carbocycles. The van der Waals surface area contributed by atoms with Gasteiger partial charge in [0.1, 0.15) is 5.69 Å². The first-order valence-corrected chi connectivity index (χ1v) is 24.5. The summed E-state index contributed by atoms with van der Waals surface area (Å²) in [5, 5.41) is 15.6. The summed E-state index contributed by atoms with van der Waals surface area (Å²) in [6.45, 7) is 16.8. The van der Waals surface area contributed by atoms with E-state index in [4.69, 9.17) is 4.74 Å². The highest BCUT2D eigenvalue weighted by Crippen LogP contribution is 2.79. The molecule has 0 radical (unpaired) electrons. The molecule has 0 unspecified atom stereocenters. The highest BCUT2D eigenvalue weighted by atomic mass is 32.2. The number of sulfonamides is 1. The van der Waals surface area contributed by atoms with Crippen LogP contribution in [0.15, 0.2) is 93.7 Å². The second kappa shape index (κ2) is 17.7. The van der Waals surface area contributed by atoms with E-state index in [9.17, 15) is 23.3 Å². The average molecular weight is 871 g/mol. The van der Waals surface area contributed by atoms with Crippen molar-refractivity contribution in [1.82, 2.24) is 14.5 Å². The zero-order valence-corrected chi connectivity index (χ0v) is 37.8. The van der Waals surface area contributed by atoms with E-state index in [0.717, 1.165) is 62.5 Å². The smallest absolute Gasteiger partial charge is 0.293 e. The maximum atomic E-state index is 13.5. The van der Waals surface area contributed by atoms with E-state index in [2.05, 4.69) is 57.6 Å². The normalized spacial score (nSPS) is 25.2. The number of piperazine rings is 1. The number of ether oxygens (including phenoxy) is 1. The van der Waals surface area contributed by atoms with Crippen molar-refractivity contribution in [3.63, 3.8) is 0 Å². The molecule has 1 amide bonds. The third kappa shape index (κ3) is 9.68. The molecule has 14 heteroatoms. The number of morpholine rings is 1. The molecule has 12 nitrogen and oxygen atoms in total. The van der Waals surface area contributed by atoms with Crippen molar-refractivity contribution in [2.75, 3.05) is 69.2 Å². The topological polar surface area (TPSA) is 137 Å². The number of amides is 1. The lowest BCUT2D eigenvalue weighted by Gasteiger charge is -2.73. The van der Waals surface area contributed by atoms with Gasteiger partial charge in [0.25, 0.3) is 21.6 Å². The van der Waals surface area contributed by atoms with Crippen molar-refractivity contribution in [1.29, 1.82) is 0 Å². The number of benzene rings is 3. The Labute approximate surface area is 366 Å². The predicted octanol–water partition coefficient (Wildman–Crippen LogP) is 8.56. The fraction of sp³-hybridized carbons (Fsp3) is 0.553. The van der Waals surface area contributed by atoms with Crippen molar-refractivity contribution >= 4 is 44.8 Å². The molecule has 2 atom stereocenters. The fourth-order valence-electron chi connectivity index (χ4n) is 10.6. The predicted molar refractivity (Wildman–Crippen MR) is 243 cm³/mol. The van der Waals surface area contributed by atoms with Gasteiger partial charge in [-0.3, -0.25) is 24.7 Å². The summed E-state index contributed by atoms with van der Waals surface area (Å²) in [7, 11) is -4.42. The summed E-state index contributed by atoms with van der Waals surface area (Å²) in [4.78, 5) is 33.0. The molecule has 61 heavy (non-hydrogen) atoms. The van der Waals surface area contributed by atoms with Crippen molar-refractivity contribution in [2.24, 2.45) is 16.2 Å². The fourth-order valence-corrected chi connectivity index (χ4v) is 13.0. The summed E-state index contributed by atoms with van der Waals surface area (Å²) in [5.41, 5.74) is 6.03. The Morgan fingerprint density at radius 1 is 0.951 bits per heavy atom. The van der Waals surface area contributed by atoms with Gasteiger partial charge in [-0.15, -0.1) is 11.8 Å². The summed E-state index contributed by atoms with van der Waals surface area (Å²) < 4.78 is 34.6. The molecule has 4 aliphatic carbocycles. The SMILES string of the molecule is CCC12CC(C3=C(CN4CCN(c5ccc(C(=O)NS(=O)(=O)c6ccc(N[C@H](C)C[C@H](Sc7ccccc7)N7CCOCC7)c([N+](=O)[O-])c6)cc5)CC4)CCC(C)(C)C3)(C1)C2. The molecule has 6 aliphatic rings. The van der Waals surface area contributed by atoms with E-state index >= 15 is 0 Å². The third-order valence-corrected chi connectivity index (χ3v) is 16.8. The van der Waals surface area contributed by atoms with Gasteiger partial charge in [-0.05, 0) is 117 Å². The number of allylic oxidation sites excluding steroid dienone is 1. The van der Waals surface area contributed by atoms with Crippen molar-refractivity contribution in [2.45, 2.75) is 100 Å². The van der Waals surface area contributed by atoms with E-state index in [-0.39, 0.29) is 33.2 Å². The van der Waals surface area contributed by atoms with Crippen LogP contribution in [0, 0.1) is 26.4 Å². The lowest BCUT2D eigenvalue weighted by Crippen LogP contribution is -2.63. The number of nitro groups is 1. The molecule has 328 valence electrons. The maximum absolute atomic E-state index is 13.5. The van der Waals surface area contributed by atoms with Crippen LogP contribution in [0.2, 0.25) is 0 Å². The quantitative estimate of drug-likeness (QED) is 0.0620. The first kappa shape index (κ1) is 43.7. The lowest BCUT2D eigenvalue weighted by molar-refractivity contribution is -0.384. The zero-order chi connectivity index (χ0) is 43.0. The minimum Gasteiger partial charge on any atom is -0.379 e. The third-order valence-electron chi connectivity index (χ3n) is 14.1. The average Bonchev–Trinajstić information content (AvgIpc) is 3.21. The van der Waals surface area contributed by atoms with Crippen molar-refractivity contribution < 1.29 is 22.9 Å². The number of carbonyl (C=O) groups is 1. The van der Waals surface area contributed by atoms with Gasteiger partial charge in [0.2, 0.25) is 0 Å². The Morgan fingerprint density at radius 3 is 2.30 bits per heavy atom. The van der Waals surface area contributed by atoms with Crippen molar-refractivity contribution in [3.8, 4) is 0 Å². The van der Waals surface area contributed by atoms with Crippen LogP contribution >= 0.6 is 11.8 Å². The molecule has 3 aromatic carbocycles. The molecule has 2 N–H and O–H groups in total. The second-order valence-electron chi connectivity index (χ2n) is 19.1. The van der Waals surface area contributed by atoms with Crippen LogP contribution in [0.25, 0.3) is 0 Å². The Kier molecular flexibility index (Phi) is 12.7. The van der Waals surface area contributed by atoms with Gasteiger partial charge in [0.15, 0.2) is 0 Å².